The third kappa shape index (κ3) is 5.21. The predicted octanol–water partition coefficient (Wildman–Crippen LogP) is 1.87. The van der Waals surface area contributed by atoms with Gasteiger partial charge in [0.1, 0.15) is 5.82 Å². The molecule has 2 fully saturated rings. The second-order valence-corrected chi connectivity index (χ2v) is 8.51. The van der Waals surface area contributed by atoms with Crippen molar-refractivity contribution in [1.29, 1.82) is 0 Å². The third-order valence-electron chi connectivity index (χ3n) is 5.15. The maximum atomic E-state index is 12.2. The van der Waals surface area contributed by atoms with Crippen molar-refractivity contribution in [3.8, 4) is 0 Å². The molecule has 3 rings (SSSR count). The molecular weight excluding hydrogens is 342 g/mol. The van der Waals surface area contributed by atoms with E-state index in [2.05, 4.69) is 15.6 Å². The number of anilines is 1. The van der Waals surface area contributed by atoms with Crippen LogP contribution in [-0.4, -0.2) is 47.0 Å². The number of nitrogens with zero attached hydrogens (tertiary/aromatic N) is 2. The van der Waals surface area contributed by atoms with Crippen LogP contribution in [0.25, 0.3) is 6.08 Å². The van der Waals surface area contributed by atoms with E-state index in [-0.39, 0.29) is 17.5 Å². The van der Waals surface area contributed by atoms with E-state index in [9.17, 15) is 9.59 Å². The van der Waals surface area contributed by atoms with Gasteiger partial charge in [0.15, 0.2) is 0 Å². The summed E-state index contributed by atoms with van der Waals surface area (Å²) in [6.07, 6.45) is 5.83. The second kappa shape index (κ2) is 7.58. The normalized spacial score (nSPS) is 24.0. The summed E-state index contributed by atoms with van der Waals surface area (Å²) in [5, 5.41) is 5.94. The van der Waals surface area contributed by atoms with Crippen molar-refractivity contribution in [3.63, 3.8) is 0 Å². The first kappa shape index (κ1) is 19.2. The predicted molar refractivity (Wildman–Crippen MR) is 106 cm³/mol. The Labute approximate surface area is 160 Å². The summed E-state index contributed by atoms with van der Waals surface area (Å²) in [5.41, 5.74) is 6.17. The van der Waals surface area contributed by atoms with Gasteiger partial charge in [-0.1, -0.05) is 0 Å². The number of pyridine rings is 1. The van der Waals surface area contributed by atoms with E-state index in [1.165, 1.54) is 6.08 Å². The van der Waals surface area contributed by atoms with Crippen molar-refractivity contribution in [1.82, 2.24) is 20.5 Å². The molecule has 4 N–H and O–H groups in total. The first-order valence-corrected chi connectivity index (χ1v) is 9.47. The lowest BCUT2D eigenvalue weighted by Gasteiger charge is -2.27. The van der Waals surface area contributed by atoms with Gasteiger partial charge < -0.3 is 21.3 Å². The molecule has 1 aliphatic heterocycles. The summed E-state index contributed by atoms with van der Waals surface area (Å²) in [7, 11) is 0. The average molecular weight is 371 g/mol. The summed E-state index contributed by atoms with van der Waals surface area (Å²) < 4.78 is 0. The number of urea groups is 1. The maximum Gasteiger partial charge on any atom is 0.317 e. The minimum atomic E-state index is -0.205. The molecule has 1 aromatic rings. The first-order valence-electron chi connectivity index (χ1n) is 9.47. The molecule has 0 bridgehead atoms. The van der Waals surface area contributed by atoms with Crippen LogP contribution in [0.4, 0.5) is 10.6 Å². The summed E-state index contributed by atoms with van der Waals surface area (Å²) in [6.45, 7) is 8.29. The molecule has 1 aromatic heterocycles. The van der Waals surface area contributed by atoms with Gasteiger partial charge in [-0.2, -0.15) is 0 Å². The van der Waals surface area contributed by atoms with Gasteiger partial charge in [-0.05, 0) is 68.7 Å². The third-order valence-corrected chi connectivity index (χ3v) is 5.15. The molecule has 1 saturated carbocycles. The highest BCUT2D eigenvalue weighted by molar-refractivity contribution is 5.91. The van der Waals surface area contributed by atoms with Crippen LogP contribution in [0.2, 0.25) is 0 Å². The van der Waals surface area contributed by atoms with Crippen LogP contribution in [0.15, 0.2) is 24.4 Å². The number of nitrogens with one attached hydrogen (secondary N) is 2. The molecule has 7 nitrogen and oxygen atoms in total. The van der Waals surface area contributed by atoms with Gasteiger partial charge in [-0.3, -0.25) is 4.79 Å². The molecule has 2 aliphatic rings. The van der Waals surface area contributed by atoms with Gasteiger partial charge >= 0.3 is 6.03 Å². The number of nitrogen functional groups attached to an aromatic ring is 1. The zero-order valence-corrected chi connectivity index (χ0v) is 16.2. The summed E-state index contributed by atoms with van der Waals surface area (Å²) in [5.74, 6) is 2.15. The molecule has 27 heavy (non-hydrogen) atoms. The van der Waals surface area contributed by atoms with Crippen molar-refractivity contribution >= 4 is 23.8 Å². The minimum Gasteiger partial charge on any atom is -0.384 e. The van der Waals surface area contributed by atoms with Crippen LogP contribution < -0.4 is 16.4 Å². The molecule has 0 aromatic carbocycles. The molecule has 1 unspecified atom stereocenters. The van der Waals surface area contributed by atoms with Crippen LogP contribution in [-0.2, 0) is 4.79 Å². The fourth-order valence-electron chi connectivity index (χ4n) is 3.75. The number of carbonyl (C=O) groups excluding carboxylic acids is 2. The highest BCUT2D eigenvalue weighted by Crippen LogP contribution is 2.53. The Morgan fingerprint density at radius 3 is 2.59 bits per heavy atom. The first-order chi connectivity index (χ1) is 12.7. The molecule has 2 heterocycles. The molecule has 3 atom stereocenters. The Hall–Kier alpha value is -2.57. The van der Waals surface area contributed by atoms with Gasteiger partial charge in [0.05, 0.1) is 0 Å². The molecule has 1 aliphatic carbocycles. The highest BCUT2D eigenvalue weighted by Gasteiger charge is 2.55. The number of rotatable bonds is 5. The second-order valence-electron chi connectivity index (χ2n) is 8.51. The topological polar surface area (TPSA) is 100 Å². The number of aromatic nitrogens is 1. The van der Waals surface area contributed by atoms with Gasteiger partial charge in [0.2, 0.25) is 5.91 Å². The van der Waals surface area contributed by atoms with E-state index in [4.69, 9.17) is 5.73 Å². The van der Waals surface area contributed by atoms with Crippen molar-refractivity contribution < 1.29 is 9.59 Å². The van der Waals surface area contributed by atoms with Crippen LogP contribution in [0, 0.1) is 17.8 Å². The fraction of sp³-hybridized carbons (Fsp3) is 0.550. The van der Waals surface area contributed by atoms with E-state index in [0.29, 0.717) is 30.1 Å². The van der Waals surface area contributed by atoms with Crippen molar-refractivity contribution in [2.45, 2.75) is 32.7 Å². The number of likely N-dealkylation sites (tertiary alicyclic amines) is 1. The lowest BCUT2D eigenvalue weighted by atomic mass is 10.1. The smallest absolute Gasteiger partial charge is 0.317 e. The van der Waals surface area contributed by atoms with Crippen LogP contribution in [0.5, 0.6) is 0 Å². The Balaban J connectivity index is 1.33. The minimum absolute atomic E-state index is 0.0315. The monoisotopic (exact) mass is 371 g/mol. The van der Waals surface area contributed by atoms with Gasteiger partial charge in [0.25, 0.3) is 0 Å². The number of nitrogens with two attached hydrogens (primary N) is 1. The van der Waals surface area contributed by atoms with Gasteiger partial charge in [0, 0.05) is 37.4 Å². The Kier molecular flexibility index (Phi) is 5.39. The number of hydrogen-bond donors (Lipinski definition) is 3. The SMILES string of the molecule is CC(C)(C)NC(=O)N1C[C@@H]2C(CCNC(=O)/C=C/c3ccc(N)nc3)[C@@H]2C1. The van der Waals surface area contributed by atoms with E-state index < -0.39 is 0 Å². The number of hydrogen-bond acceptors (Lipinski definition) is 4. The summed E-state index contributed by atoms with van der Waals surface area (Å²) >= 11 is 0. The van der Waals surface area contributed by atoms with Gasteiger partial charge in [-0.25, -0.2) is 9.78 Å². The Morgan fingerprint density at radius 2 is 2.00 bits per heavy atom. The molecule has 146 valence electrons. The van der Waals surface area contributed by atoms with E-state index in [1.807, 2.05) is 31.7 Å². The molecule has 0 spiro atoms. The number of carbonyl (C=O) groups is 2. The summed E-state index contributed by atoms with van der Waals surface area (Å²) in [4.78, 5) is 30.0. The standard InChI is InChI=1S/C20H29N5O2/c1-20(2,3)24-19(27)25-11-15-14(16(15)12-25)8-9-22-18(26)7-5-13-4-6-17(21)23-10-13/h4-7,10,14-16H,8-9,11-12H2,1-3H3,(H2,21,23)(H,22,26)(H,24,27)/b7-5+/t14?,15-,16+. The molecule has 7 heteroatoms. The van der Waals surface area contributed by atoms with Crippen molar-refractivity contribution in [3.05, 3.63) is 30.0 Å². The Morgan fingerprint density at radius 1 is 1.30 bits per heavy atom. The maximum absolute atomic E-state index is 12.2. The van der Waals surface area contributed by atoms with Crippen LogP contribution >= 0.6 is 0 Å². The molecule has 3 amide bonds. The van der Waals surface area contributed by atoms with E-state index in [1.54, 1.807) is 18.3 Å². The quantitative estimate of drug-likeness (QED) is 0.688. The molecule has 0 radical (unpaired) electrons. The zero-order chi connectivity index (χ0) is 19.6. The highest BCUT2D eigenvalue weighted by atomic mass is 16.2. The van der Waals surface area contributed by atoms with E-state index >= 15 is 0 Å². The van der Waals surface area contributed by atoms with Crippen LogP contribution in [0.1, 0.15) is 32.8 Å². The average Bonchev–Trinajstić information content (AvgIpc) is 3.02. The largest absolute Gasteiger partial charge is 0.384 e. The van der Waals surface area contributed by atoms with Crippen LogP contribution in [0.3, 0.4) is 0 Å². The lowest BCUT2D eigenvalue weighted by molar-refractivity contribution is -0.116. The van der Waals surface area contributed by atoms with Gasteiger partial charge in [-0.15, -0.1) is 0 Å². The van der Waals surface area contributed by atoms with E-state index in [0.717, 1.165) is 25.1 Å². The Bertz CT molecular complexity index is 711. The number of amides is 3. The number of fused-ring (bicyclic) bond motifs is 1. The molecule has 1 saturated heterocycles. The van der Waals surface area contributed by atoms with Crippen molar-refractivity contribution in [2.75, 3.05) is 25.4 Å². The summed E-state index contributed by atoms with van der Waals surface area (Å²) in [6, 6.07) is 3.55. The lowest BCUT2D eigenvalue weighted by Crippen LogP contribution is -2.48. The number of piperidine rings is 1. The molecular formula is C20H29N5O2. The fourth-order valence-corrected chi connectivity index (χ4v) is 3.75. The van der Waals surface area contributed by atoms with Crippen molar-refractivity contribution in [2.24, 2.45) is 17.8 Å². The zero-order valence-electron chi connectivity index (χ0n) is 16.2.